The summed E-state index contributed by atoms with van der Waals surface area (Å²) in [6.45, 7) is 46.2. The Kier molecular flexibility index (Phi) is 141. The minimum absolute atomic E-state index is 0.822. The fourth-order valence-electron chi connectivity index (χ4n) is 3.21. The highest BCUT2D eigenvalue weighted by atomic mass is 14.5. The van der Waals surface area contributed by atoms with Crippen molar-refractivity contribution in [1.82, 2.24) is 0 Å². The Balaban J connectivity index is -0.0000000614. The Morgan fingerprint density at radius 3 is 0.408 bits per heavy atom. The summed E-state index contributed by atoms with van der Waals surface area (Å²) in [5.74, 6) is 0. The summed E-state index contributed by atoms with van der Waals surface area (Å²) in [6, 6.07) is 47.4. The summed E-state index contributed by atoms with van der Waals surface area (Å²) < 4.78 is 0. The van der Waals surface area contributed by atoms with Crippen molar-refractivity contribution in [1.29, 1.82) is 0 Å². The van der Waals surface area contributed by atoms with E-state index in [1.807, 2.05) is 269 Å². The van der Waals surface area contributed by atoms with Crippen molar-refractivity contribution in [3.8, 4) is 0 Å². The van der Waals surface area contributed by atoms with Crippen LogP contribution in [-0.2, 0) is 0 Å². The van der Waals surface area contributed by atoms with Crippen LogP contribution in [0.3, 0.4) is 0 Å². The lowest BCUT2D eigenvalue weighted by Crippen LogP contribution is -1.79. The van der Waals surface area contributed by atoms with Gasteiger partial charge in [0, 0.05) is 28.4 Å². The van der Waals surface area contributed by atoms with Crippen LogP contribution in [0.2, 0.25) is 0 Å². The van der Waals surface area contributed by atoms with E-state index in [-0.39, 0.29) is 0 Å². The Morgan fingerprint density at radius 1 is 0.268 bits per heavy atom. The second kappa shape index (κ2) is 110. The van der Waals surface area contributed by atoms with E-state index in [0.717, 1.165) is 60.5 Å². The Morgan fingerprint density at radius 2 is 0.380 bits per heavy atom. The van der Waals surface area contributed by atoms with Gasteiger partial charge in [0.25, 0.3) is 0 Å². The number of anilines is 5. The molecule has 5 aromatic rings. The molecule has 0 fully saturated rings. The van der Waals surface area contributed by atoms with Gasteiger partial charge < -0.3 is 28.7 Å². The number of para-hydroxylation sites is 5. The fraction of sp³-hybridized carbons (Fsp3) is 0.394. The van der Waals surface area contributed by atoms with Gasteiger partial charge in [-0.25, -0.2) is 0 Å². The van der Waals surface area contributed by atoms with Crippen LogP contribution in [0.15, 0.2) is 213 Å². The zero-order valence-corrected chi connectivity index (χ0v) is 50.3. The number of allylic oxidation sites excluding steroid dienone is 9. The quantitative estimate of drug-likeness (QED) is 0.0885. The van der Waals surface area contributed by atoms with E-state index >= 15 is 0 Å². The maximum absolute atomic E-state index is 5.36. The smallest absolute Gasteiger partial charge is 0.0313 e. The zero-order chi connectivity index (χ0) is 57.5. The molecule has 5 nitrogen and oxygen atoms in total. The van der Waals surface area contributed by atoms with Crippen LogP contribution in [0.1, 0.15) is 178 Å². The summed E-state index contributed by atoms with van der Waals surface area (Å²) in [6.07, 6.45) is 24.3. The Labute approximate surface area is 445 Å². The van der Waals surface area contributed by atoms with Gasteiger partial charge in [-0.15, -0.1) is 6.58 Å². The molecule has 0 aliphatic rings. The predicted molar refractivity (Wildman–Crippen MR) is 343 cm³/mol. The van der Waals surface area contributed by atoms with E-state index in [0.29, 0.717) is 0 Å². The van der Waals surface area contributed by atoms with Gasteiger partial charge in [-0.3, -0.25) is 0 Å². The van der Waals surface area contributed by atoms with Gasteiger partial charge in [0.2, 0.25) is 0 Å². The van der Waals surface area contributed by atoms with Crippen molar-refractivity contribution in [2.45, 2.75) is 178 Å². The number of nitrogens with two attached hydrogens (primary N) is 5. The molecule has 0 amide bonds. The number of rotatable bonds is 5. The average Bonchev–Trinajstić information content (AvgIpc) is 3.43. The van der Waals surface area contributed by atoms with Gasteiger partial charge in [0.1, 0.15) is 0 Å². The van der Waals surface area contributed by atoms with E-state index in [1.54, 1.807) is 0 Å². The van der Waals surface area contributed by atoms with Crippen LogP contribution in [0.4, 0.5) is 28.4 Å². The third-order valence-electron chi connectivity index (χ3n) is 6.17. The summed E-state index contributed by atoms with van der Waals surface area (Å²) in [5.41, 5.74) is 30.9. The number of hydrogen-bond acceptors (Lipinski definition) is 5. The molecule has 0 heterocycles. The lowest BCUT2D eigenvalue weighted by molar-refractivity contribution is 1.22. The van der Waals surface area contributed by atoms with Gasteiger partial charge >= 0.3 is 0 Å². The molecule has 71 heavy (non-hydrogen) atoms. The monoisotopic (exact) mass is 982 g/mol. The summed E-state index contributed by atoms with van der Waals surface area (Å²) in [5, 5.41) is 0. The molecule has 0 spiro atoms. The molecular formula is C66H119N5. The van der Waals surface area contributed by atoms with Crippen LogP contribution in [-0.4, -0.2) is 0 Å². The van der Waals surface area contributed by atoms with Crippen molar-refractivity contribution < 1.29 is 0 Å². The molecule has 0 aromatic heterocycles. The predicted octanol–water partition coefficient (Wildman–Crippen LogP) is 22.0. The summed E-state index contributed by atoms with van der Waals surface area (Å²) in [4.78, 5) is 0. The molecule has 408 valence electrons. The number of hydrogen-bond donors (Lipinski definition) is 5. The molecule has 0 aliphatic carbocycles. The minimum Gasteiger partial charge on any atom is -0.399 e. The SMILES string of the molecule is C/C=C/CC.C/C=C/CC.C/C=C/CC.C/C=C/CC.C=CCC.CC.CC.CC.CC.CC.CC.Nc1ccccc1.Nc1ccccc1.Nc1ccccc1.Nc1ccccc1.Nc1ccccc1. The first-order chi connectivity index (χ1) is 34.5. The topological polar surface area (TPSA) is 130 Å². The molecule has 0 bridgehead atoms. The van der Waals surface area contributed by atoms with E-state index in [9.17, 15) is 0 Å². The summed E-state index contributed by atoms with van der Waals surface area (Å²) >= 11 is 0. The Hall–Kier alpha value is -6.20. The highest BCUT2D eigenvalue weighted by Gasteiger charge is 1.75. The second-order valence-corrected chi connectivity index (χ2v) is 11.7. The molecule has 5 heteroatoms. The first-order valence-electron chi connectivity index (χ1n) is 26.6. The first kappa shape index (κ1) is 91.1. The molecule has 5 rings (SSSR count). The lowest BCUT2D eigenvalue weighted by Gasteiger charge is -1.83. The van der Waals surface area contributed by atoms with Crippen molar-refractivity contribution in [3.05, 3.63) is 213 Å². The molecule has 0 atom stereocenters. The maximum atomic E-state index is 5.36. The fourth-order valence-corrected chi connectivity index (χ4v) is 3.21. The molecule has 10 N–H and O–H groups in total. The van der Waals surface area contributed by atoms with Gasteiger partial charge in [-0.1, -0.05) is 263 Å². The lowest BCUT2D eigenvalue weighted by atomic mass is 10.3. The highest BCUT2D eigenvalue weighted by Crippen LogP contribution is 1.98. The van der Waals surface area contributed by atoms with Crippen LogP contribution < -0.4 is 28.7 Å². The number of benzene rings is 5. The van der Waals surface area contributed by atoms with Crippen molar-refractivity contribution >= 4 is 28.4 Å². The van der Waals surface area contributed by atoms with Crippen LogP contribution in [0.5, 0.6) is 0 Å². The molecule has 0 radical (unpaired) electrons. The van der Waals surface area contributed by atoms with E-state index in [4.69, 9.17) is 28.7 Å². The van der Waals surface area contributed by atoms with E-state index in [2.05, 4.69) is 89.8 Å². The van der Waals surface area contributed by atoms with Crippen molar-refractivity contribution in [2.75, 3.05) is 28.7 Å². The maximum Gasteiger partial charge on any atom is 0.0313 e. The third-order valence-corrected chi connectivity index (χ3v) is 6.17. The molecule has 0 unspecified atom stereocenters. The number of nitrogen functional groups attached to an aromatic ring is 5. The average molecular weight is 983 g/mol. The van der Waals surface area contributed by atoms with Crippen LogP contribution in [0.25, 0.3) is 0 Å². The first-order valence-corrected chi connectivity index (χ1v) is 26.6. The minimum atomic E-state index is 0.822. The van der Waals surface area contributed by atoms with E-state index < -0.39 is 0 Å². The molecule has 5 aromatic carbocycles. The molecular weight excluding hydrogens is 863 g/mol. The van der Waals surface area contributed by atoms with Gasteiger partial charge in [0.05, 0.1) is 0 Å². The standard InChI is InChI=1S/5C6H7N.4C5H10.C4H8.6C2H6/c5*7-6-4-2-1-3-5-6;4*1-3-5-4-2;1-3-4-2;6*1-2/h5*1-5H,7H2;4*3,5H,4H2,1-2H3;3H,1,4H2,2H3;6*1-2H3/b;;;;;4*5-3+;;;;;;;. The van der Waals surface area contributed by atoms with Gasteiger partial charge in [-0.2, -0.15) is 0 Å². The third kappa shape index (κ3) is 133. The van der Waals surface area contributed by atoms with Crippen LogP contribution >= 0.6 is 0 Å². The normalized spacial score (nSPS) is 7.90. The second-order valence-electron chi connectivity index (χ2n) is 11.7. The Bertz CT molecular complexity index is 1290. The molecule has 0 aliphatic heterocycles. The van der Waals surface area contributed by atoms with E-state index in [1.165, 1.54) is 0 Å². The molecule has 0 saturated heterocycles. The zero-order valence-electron chi connectivity index (χ0n) is 50.3. The highest BCUT2D eigenvalue weighted by molar-refractivity contribution is 5.38. The molecule has 0 saturated carbocycles. The van der Waals surface area contributed by atoms with Gasteiger partial charge in [0.15, 0.2) is 0 Å². The van der Waals surface area contributed by atoms with Crippen molar-refractivity contribution in [2.24, 2.45) is 0 Å². The summed E-state index contributed by atoms with van der Waals surface area (Å²) in [7, 11) is 0. The van der Waals surface area contributed by atoms with Crippen LogP contribution in [0, 0.1) is 0 Å². The van der Waals surface area contributed by atoms with Gasteiger partial charge in [-0.05, 0) is 120 Å². The van der Waals surface area contributed by atoms with Crippen molar-refractivity contribution in [3.63, 3.8) is 0 Å². The largest absolute Gasteiger partial charge is 0.399 e.